The molecule has 1 heterocycles. The summed E-state index contributed by atoms with van der Waals surface area (Å²) >= 11 is 0. The number of aliphatic hydroxyl groups is 1. The van der Waals surface area contributed by atoms with Gasteiger partial charge >= 0.3 is 0 Å². The van der Waals surface area contributed by atoms with Gasteiger partial charge in [-0.1, -0.05) is 0 Å². The van der Waals surface area contributed by atoms with E-state index in [1.807, 2.05) is 6.92 Å². The van der Waals surface area contributed by atoms with Gasteiger partial charge < -0.3 is 15.3 Å². The molecule has 2 fully saturated rings. The summed E-state index contributed by atoms with van der Waals surface area (Å²) in [5.74, 6) is 0.994. The van der Waals surface area contributed by atoms with E-state index in [1.165, 1.54) is 45.3 Å². The number of nitrogens with zero attached hydrogens (tertiary/aromatic N) is 1. The maximum atomic E-state index is 9.25. The minimum Gasteiger partial charge on any atom is -0.393 e. The van der Waals surface area contributed by atoms with Gasteiger partial charge in [0, 0.05) is 12.6 Å². The van der Waals surface area contributed by atoms with Gasteiger partial charge in [0.05, 0.1) is 6.10 Å². The van der Waals surface area contributed by atoms with Gasteiger partial charge in [0.25, 0.3) is 0 Å². The predicted molar refractivity (Wildman–Crippen MR) is 66.5 cm³/mol. The molecule has 2 aliphatic rings. The summed E-state index contributed by atoms with van der Waals surface area (Å²) in [6.07, 6.45) is 6.23. The van der Waals surface area contributed by atoms with Crippen LogP contribution in [0.1, 0.15) is 39.0 Å². The molecule has 1 unspecified atom stereocenters. The molecular weight excluding hydrogens is 200 g/mol. The van der Waals surface area contributed by atoms with Crippen LogP contribution in [-0.4, -0.2) is 48.3 Å². The molecule has 3 heteroatoms. The summed E-state index contributed by atoms with van der Waals surface area (Å²) in [6, 6.07) is 0.753. The highest BCUT2D eigenvalue weighted by Gasteiger charge is 2.24. The third kappa shape index (κ3) is 4.40. The Morgan fingerprint density at radius 2 is 1.94 bits per heavy atom. The molecule has 16 heavy (non-hydrogen) atoms. The second kappa shape index (κ2) is 5.99. The van der Waals surface area contributed by atoms with E-state index in [0.29, 0.717) is 0 Å². The Balaban J connectivity index is 1.54. The summed E-state index contributed by atoms with van der Waals surface area (Å²) in [4.78, 5) is 2.49. The largest absolute Gasteiger partial charge is 0.393 e. The molecule has 0 amide bonds. The van der Waals surface area contributed by atoms with Crippen LogP contribution in [0, 0.1) is 5.92 Å². The van der Waals surface area contributed by atoms with Crippen LogP contribution in [0.25, 0.3) is 0 Å². The number of hydrogen-bond acceptors (Lipinski definition) is 3. The molecule has 0 aromatic heterocycles. The van der Waals surface area contributed by atoms with Crippen molar-refractivity contribution < 1.29 is 5.11 Å². The fourth-order valence-electron chi connectivity index (χ4n) is 2.39. The minimum absolute atomic E-state index is 0.147. The summed E-state index contributed by atoms with van der Waals surface area (Å²) in [5.41, 5.74) is 0. The van der Waals surface area contributed by atoms with Crippen LogP contribution >= 0.6 is 0 Å². The molecule has 2 rings (SSSR count). The Hall–Kier alpha value is -0.120. The average Bonchev–Trinajstić information content (AvgIpc) is 3.09. The predicted octanol–water partition coefficient (Wildman–Crippen LogP) is 1.22. The van der Waals surface area contributed by atoms with E-state index >= 15 is 0 Å². The summed E-state index contributed by atoms with van der Waals surface area (Å²) in [5, 5.41) is 12.9. The van der Waals surface area contributed by atoms with Crippen molar-refractivity contribution in [1.82, 2.24) is 10.2 Å². The quantitative estimate of drug-likeness (QED) is 0.715. The first-order valence-corrected chi connectivity index (χ1v) is 6.88. The van der Waals surface area contributed by atoms with Crippen molar-refractivity contribution in [3.05, 3.63) is 0 Å². The number of nitrogens with one attached hydrogen (secondary N) is 1. The fraction of sp³-hybridized carbons (Fsp3) is 1.00. The second-order valence-corrected chi connectivity index (χ2v) is 5.61. The molecule has 0 aromatic rings. The van der Waals surface area contributed by atoms with Gasteiger partial charge in [-0.3, -0.25) is 0 Å². The first kappa shape index (κ1) is 12.3. The zero-order valence-corrected chi connectivity index (χ0v) is 10.5. The Morgan fingerprint density at radius 1 is 1.25 bits per heavy atom. The SMILES string of the molecule is CC(O)CCN1CCC(NCC2CC2)CC1. The van der Waals surface area contributed by atoms with E-state index in [9.17, 15) is 5.11 Å². The number of aliphatic hydroxyl groups excluding tert-OH is 1. The smallest absolute Gasteiger partial charge is 0.0524 e. The standard InChI is InChI=1S/C13H26N2O/c1-11(16)4-7-15-8-5-13(6-9-15)14-10-12-2-3-12/h11-14,16H,2-10H2,1H3. The molecule has 94 valence electrons. The van der Waals surface area contributed by atoms with Crippen LogP contribution in [-0.2, 0) is 0 Å². The van der Waals surface area contributed by atoms with Crippen LogP contribution in [0.5, 0.6) is 0 Å². The van der Waals surface area contributed by atoms with Gasteiger partial charge in [-0.2, -0.15) is 0 Å². The van der Waals surface area contributed by atoms with Gasteiger partial charge in [0.15, 0.2) is 0 Å². The van der Waals surface area contributed by atoms with Crippen molar-refractivity contribution in [2.24, 2.45) is 5.92 Å². The third-order valence-electron chi connectivity index (χ3n) is 3.84. The summed E-state index contributed by atoms with van der Waals surface area (Å²) in [6.45, 7) is 6.60. The van der Waals surface area contributed by atoms with Crippen LogP contribution in [0.15, 0.2) is 0 Å². The van der Waals surface area contributed by atoms with E-state index in [2.05, 4.69) is 10.2 Å². The summed E-state index contributed by atoms with van der Waals surface area (Å²) < 4.78 is 0. The van der Waals surface area contributed by atoms with Crippen molar-refractivity contribution in [1.29, 1.82) is 0 Å². The molecule has 1 saturated heterocycles. The Bertz CT molecular complexity index is 182. The van der Waals surface area contributed by atoms with Gasteiger partial charge in [-0.05, 0) is 64.6 Å². The Labute approximate surface area is 99.2 Å². The topological polar surface area (TPSA) is 35.5 Å². The molecule has 0 aromatic carbocycles. The highest BCUT2D eigenvalue weighted by atomic mass is 16.3. The maximum Gasteiger partial charge on any atom is 0.0524 e. The van der Waals surface area contributed by atoms with Crippen molar-refractivity contribution >= 4 is 0 Å². The zero-order valence-electron chi connectivity index (χ0n) is 10.5. The lowest BCUT2D eigenvalue weighted by Gasteiger charge is -2.32. The summed E-state index contributed by atoms with van der Waals surface area (Å²) in [7, 11) is 0. The van der Waals surface area contributed by atoms with Crippen LogP contribution < -0.4 is 5.32 Å². The first-order valence-electron chi connectivity index (χ1n) is 6.88. The monoisotopic (exact) mass is 226 g/mol. The van der Waals surface area contributed by atoms with Crippen molar-refractivity contribution in [3.8, 4) is 0 Å². The number of likely N-dealkylation sites (tertiary alicyclic amines) is 1. The molecule has 1 atom stereocenters. The lowest BCUT2D eigenvalue weighted by molar-refractivity contribution is 0.138. The van der Waals surface area contributed by atoms with Crippen LogP contribution in [0.4, 0.5) is 0 Å². The van der Waals surface area contributed by atoms with E-state index in [-0.39, 0.29) is 6.10 Å². The molecule has 0 bridgehead atoms. The average molecular weight is 226 g/mol. The fourth-order valence-corrected chi connectivity index (χ4v) is 2.39. The molecule has 1 saturated carbocycles. The van der Waals surface area contributed by atoms with Gasteiger partial charge in [0.2, 0.25) is 0 Å². The molecule has 3 nitrogen and oxygen atoms in total. The highest BCUT2D eigenvalue weighted by Crippen LogP contribution is 2.28. The van der Waals surface area contributed by atoms with Gasteiger partial charge in [0.1, 0.15) is 0 Å². The van der Waals surface area contributed by atoms with Crippen LogP contribution in [0.2, 0.25) is 0 Å². The Kier molecular flexibility index (Phi) is 4.62. The van der Waals surface area contributed by atoms with Crippen LogP contribution in [0.3, 0.4) is 0 Å². The molecule has 0 spiro atoms. The van der Waals surface area contributed by atoms with E-state index in [1.54, 1.807) is 0 Å². The van der Waals surface area contributed by atoms with E-state index in [4.69, 9.17) is 0 Å². The molecule has 1 aliphatic carbocycles. The van der Waals surface area contributed by atoms with Crippen molar-refractivity contribution in [2.45, 2.75) is 51.2 Å². The molecule has 1 aliphatic heterocycles. The third-order valence-corrected chi connectivity index (χ3v) is 3.84. The maximum absolute atomic E-state index is 9.25. The van der Waals surface area contributed by atoms with Gasteiger partial charge in [-0.25, -0.2) is 0 Å². The lowest BCUT2D eigenvalue weighted by atomic mass is 10.0. The Morgan fingerprint density at radius 3 is 2.50 bits per heavy atom. The van der Waals surface area contributed by atoms with Crippen molar-refractivity contribution in [2.75, 3.05) is 26.2 Å². The van der Waals surface area contributed by atoms with E-state index < -0.39 is 0 Å². The van der Waals surface area contributed by atoms with E-state index in [0.717, 1.165) is 24.9 Å². The zero-order chi connectivity index (χ0) is 11.4. The molecule has 2 N–H and O–H groups in total. The molecule has 0 radical (unpaired) electrons. The normalized spacial score (nSPS) is 25.9. The number of hydrogen-bond donors (Lipinski definition) is 2. The van der Waals surface area contributed by atoms with Crippen molar-refractivity contribution in [3.63, 3.8) is 0 Å². The second-order valence-electron chi connectivity index (χ2n) is 5.61. The van der Waals surface area contributed by atoms with Gasteiger partial charge in [-0.15, -0.1) is 0 Å². The minimum atomic E-state index is -0.147. The number of rotatable bonds is 6. The first-order chi connectivity index (χ1) is 7.74. The molecular formula is C13H26N2O. The lowest BCUT2D eigenvalue weighted by Crippen LogP contribution is -2.43. The number of piperidine rings is 1. The highest BCUT2D eigenvalue weighted by molar-refractivity contribution is 4.81.